The Balaban J connectivity index is 1.87. The number of carboxylic acids is 1. The molecule has 0 aromatic carbocycles. The lowest BCUT2D eigenvalue weighted by atomic mass is 10.2. The number of pyridine rings is 1. The molecule has 0 amide bonds. The summed E-state index contributed by atoms with van der Waals surface area (Å²) in [5.41, 5.74) is -0.291. The van der Waals surface area contributed by atoms with Crippen LogP contribution in [0.15, 0.2) is 18.6 Å². The van der Waals surface area contributed by atoms with Crippen molar-refractivity contribution in [3.8, 4) is 11.5 Å². The van der Waals surface area contributed by atoms with Gasteiger partial charge in [-0.25, -0.2) is 23.8 Å². The molecule has 0 radical (unpaired) electrons. The standard InChI is InChI=1S/C13H13FN4O3/c14-9-5-8(13(19)20)6-15-11(9)12-16-7-18(17-12)10-3-1-2-4-21-10/h5-7,10H,1-4H2,(H,19,20). The second-order valence-corrected chi connectivity index (χ2v) is 4.73. The first-order chi connectivity index (χ1) is 10.1. The highest BCUT2D eigenvalue weighted by Gasteiger charge is 2.20. The lowest BCUT2D eigenvalue weighted by Crippen LogP contribution is -2.18. The average Bonchev–Trinajstić information content (AvgIpc) is 2.97. The molecule has 1 aliphatic rings. The van der Waals surface area contributed by atoms with E-state index in [-0.39, 0.29) is 23.3 Å². The molecule has 1 fully saturated rings. The molecular formula is C13H13FN4O3. The largest absolute Gasteiger partial charge is 0.478 e. The number of aromatic nitrogens is 4. The van der Waals surface area contributed by atoms with Crippen LogP contribution in [0, 0.1) is 5.82 Å². The Morgan fingerprint density at radius 1 is 1.43 bits per heavy atom. The van der Waals surface area contributed by atoms with Crippen LogP contribution >= 0.6 is 0 Å². The fraction of sp³-hybridized carbons (Fsp3) is 0.385. The summed E-state index contributed by atoms with van der Waals surface area (Å²) in [7, 11) is 0. The molecular weight excluding hydrogens is 279 g/mol. The van der Waals surface area contributed by atoms with Gasteiger partial charge in [0.05, 0.1) is 5.56 Å². The minimum atomic E-state index is -1.23. The second-order valence-electron chi connectivity index (χ2n) is 4.73. The van der Waals surface area contributed by atoms with Gasteiger partial charge >= 0.3 is 5.97 Å². The van der Waals surface area contributed by atoms with Gasteiger partial charge in [0.15, 0.2) is 12.0 Å². The molecule has 3 heterocycles. The predicted molar refractivity (Wildman–Crippen MR) is 69.0 cm³/mol. The minimum Gasteiger partial charge on any atom is -0.478 e. The Bertz CT molecular complexity index is 667. The Morgan fingerprint density at radius 2 is 2.29 bits per heavy atom. The third-order valence-corrected chi connectivity index (χ3v) is 3.26. The molecule has 1 atom stereocenters. The summed E-state index contributed by atoms with van der Waals surface area (Å²) in [6, 6.07) is 0.905. The Hall–Kier alpha value is -2.35. The zero-order valence-electron chi connectivity index (χ0n) is 11.1. The second kappa shape index (κ2) is 5.57. The van der Waals surface area contributed by atoms with Crippen molar-refractivity contribution in [1.82, 2.24) is 19.7 Å². The number of nitrogens with zero attached hydrogens (tertiary/aromatic N) is 4. The number of rotatable bonds is 3. The zero-order chi connectivity index (χ0) is 14.8. The molecule has 0 aliphatic carbocycles. The Morgan fingerprint density at radius 3 is 2.95 bits per heavy atom. The first-order valence-corrected chi connectivity index (χ1v) is 6.57. The van der Waals surface area contributed by atoms with E-state index in [1.54, 1.807) is 4.68 Å². The maximum Gasteiger partial charge on any atom is 0.337 e. The smallest absolute Gasteiger partial charge is 0.337 e. The zero-order valence-corrected chi connectivity index (χ0v) is 11.1. The highest BCUT2D eigenvalue weighted by molar-refractivity contribution is 5.87. The maximum atomic E-state index is 13.9. The molecule has 1 saturated heterocycles. The van der Waals surface area contributed by atoms with Gasteiger partial charge in [0.25, 0.3) is 0 Å². The van der Waals surface area contributed by atoms with Crippen molar-refractivity contribution in [3.05, 3.63) is 30.0 Å². The predicted octanol–water partition coefficient (Wildman–Crippen LogP) is 1.88. The van der Waals surface area contributed by atoms with E-state index in [1.165, 1.54) is 6.33 Å². The first-order valence-electron chi connectivity index (χ1n) is 6.57. The molecule has 0 spiro atoms. The minimum absolute atomic E-state index is 0.0745. The molecule has 7 nitrogen and oxygen atoms in total. The lowest BCUT2D eigenvalue weighted by molar-refractivity contribution is -0.0395. The number of carbonyl (C=O) groups is 1. The summed E-state index contributed by atoms with van der Waals surface area (Å²) < 4.78 is 21.0. The van der Waals surface area contributed by atoms with Gasteiger partial charge < -0.3 is 9.84 Å². The molecule has 110 valence electrons. The fourth-order valence-corrected chi connectivity index (χ4v) is 2.17. The highest BCUT2D eigenvalue weighted by Crippen LogP contribution is 2.23. The highest BCUT2D eigenvalue weighted by atomic mass is 19.1. The topological polar surface area (TPSA) is 90.1 Å². The van der Waals surface area contributed by atoms with Gasteiger partial charge in [0.2, 0.25) is 5.82 Å². The van der Waals surface area contributed by atoms with Crippen molar-refractivity contribution in [2.75, 3.05) is 6.61 Å². The SMILES string of the molecule is O=C(O)c1cnc(-c2ncn(C3CCCCO3)n2)c(F)c1. The van der Waals surface area contributed by atoms with E-state index in [0.29, 0.717) is 6.61 Å². The van der Waals surface area contributed by atoms with E-state index in [9.17, 15) is 9.18 Å². The molecule has 1 unspecified atom stereocenters. The number of hydrogen-bond donors (Lipinski definition) is 1. The van der Waals surface area contributed by atoms with Crippen LogP contribution in [0.2, 0.25) is 0 Å². The van der Waals surface area contributed by atoms with Crippen molar-refractivity contribution in [2.24, 2.45) is 0 Å². The van der Waals surface area contributed by atoms with E-state index in [0.717, 1.165) is 31.5 Å². The van der Waals surface area contributed by atoms with Crippen LogP contribution in [0.1, 0.15) is 35.8 Å². The number of carboxylic acid groups (broad SMARTS) is 1. The summed E-state index contributed by atoms with van der Waals surface area (Å²) in [6.07, 6.45) is 5.25. The first kappa shape index (κ1) is 13.6. The van der Waals surface area contributed by atoms with Gasteiger partial charge in [0.1, 0.15) is 12.0 Å². The monoisotopic (exact) mass is 292 g/mol. The number of hydrogen-bond acceptors (Lipinski definition) is 5. The molecule has 1 aliphatic heterocycles. The van der Waals surface area contributed by atoms with Crippen molar-refractivity contribution in [3.63, 3.8) is 0 Å². The Kier molecular flexibility index (Phi) is 3.61. The maximum absolute atomic E-state index is 13.9. The number of aromatic carboxylic acids is 1. The van der Waals surface area contributed by atoms with Crippen molar-refractivity contribution in [2.45, 2.75) is 25.5 Å². The quantitative estimate of drug-likeness (QED) is 0.928. The molecule has 0 saturated carbocycles. The summed E-state index contributed by atoms with van der Waals surface area (Å²) >= 11 is 0. The third-order valence-electron chi connectivity index (χ3n) is 3.26. The van der Waals surface area contributed by atoms with Crippen LogP contribution < -0.4 is 0 Å². The lowest BCUT2D eigenvalue weighted by Gasteiger charge is -2.21. The molecule has 2 aromatic heterocycles. The molecule has 8 heteroatoms. The van der Waals surface area contributed by atoms with Crippen molar-refractivity contribution in [1.29, 1.82) is 0 Å². The summed E-state index contributed by atoms with van der Waals surface area (Å²) in [5.74, 6) is -1.89. The molecule has 1 N–H and O–H groups in total. The molecule has 2 aromatic rings. The van der Waals surface area contributed by atoms with Crippen molar-refractivity contribution < 1.29 is 19.0 Å². The van der Waals surface area contributed by atoms with Crippen LogP contribution in [0.3, 0.4) is 0 Å². The fourth-order valence-electron chi connectivity index (χ4n) is 2.17. The number of halogens is 1. The van der Waals surface area contributed by atoms with E-state index in [2.05, 4.69) is 15.1 Å². The van der Waals surface area contributed by atoms with Crippen LogP contribution in [0.5, 0.6) is 0 Å². The Labute approximate surface area is 119 Å². The van der Waals surface area contributed by atoms with Gasteiger partial charge in [-0.3, -0.25) is 0 Å². The third kappa shape index (κ3) is 2.75. The average molecular weight is 292 g/mol. The van der Waals surface area contributed by atoms with Gasteiger partial charge in [-0.15, -0.1) is 5.10 Å². The molecule has 21 heavy (non-hydrogen) atoms. The van der Waals surface area contributed by atoms with Gasteiger partial charge in [-0.05, 0) is 25.3 Å². The summed E-state index contributed by atoms with van der Waals surface area (Å²) in [4.78, 5) is 18.6. The van der Waals surface area contributed by atoms with Gasteiger partial charge in [-0.2, -0.15) is 0 Å². The van der Waals surface area contributed by atoms with E-state index >= 15 is 0 Å². The van der Waals surface area contributed by atoms with Gasteiger partial charge in [-0.1, -0.05) is 0 Å². The number of ether oxygens (including phenoxy) is 1. The summed E-state index contributed by atoms with van der Waals surface area (Å²) in [5, 5.41) is 13.0. The summed E-state index contributed by atoms with van der Waals surface area (Å²) in [6.45, 7) is 0.666. The van der Waals surface area contributed by atoms with Crippen LogP contribution in [0.25, 0.3) is 11.5 Å². The van der Waals surface area contributed by atoms with Crippen LogP contribution in [-0.2, 0) is 4.74 Å². The van der Waals surface area contributed by atoms with Crippen LogP contribution in [-0.4, -0.2) is 37.4 Å². The van der Waals surface area contributed by atoms with E-state index in [4.69, 9.17) is 9.84 Å². The normalized spacial score (nSPS) is 18.6. The van der Waals surface area contributed by atoms with Gasteiger partial charge in [0, 0.05) is 12.8 Å². The van der Waals surface area contributed by atoms with E-state index in [1.807, 2.05) is 0 Å². The van der Waals surface area contributed by atoms with E-state index < -0.39 is 11.8 Å². The molecule has 3 rings (SSSR count). The van der Waals surface area contributed by atoms with Crippen molar-refractivity contribution >= 4 is 5.97 Å². The van der Waals surface area contributed by atoms with Crippen LogP contribution in [0.4, 0.5) is 4.39 Å². The molecule has 0 bridgehead atoms.